The number of benzene rings is 1. The van der Waals surface area contributed by atoms with E-state index in [1.54, 1.807) is 6.20 Å². The van der Waals surface area contributed by atoms with E-state index in [2.05, 4.69) is 65.2 Å². The van der Waals surface area contributed by atoms with Crippen LogP contribution in [0.3, 0.4) is 0 Å². The molecule has 19 heavy (non-hydrogen) atoms. The van der Waals surface area contributed by atoms with Crippen LogP contribution < -0.4 is 5.32 Å². The standard InChI is InChI=1S/C15H16BrClN2/c1-15(2,3)11-6-4-5-7-13(11)19-14-12(16)8-10(17)9-18-14/h4-9H,1-3H3,(H,18,19). The number of anilines is 2. The fraction of sp³-hybridized carbons (Fsp3) is 0.267. The lowest BCUT2D eigenvalue weighted by atomic mass is 9.86. The molecule has 0 saturated carbocycles. The van der Waals surface area contributed by atoms with Gasteiger partial charge in [0.05, 0.1) is 9.50 Å². The van der Waals surface area contributed by atoms with E-state index in [1.165, 1.54) is 5.56 Å². The summed E-state index contributed by atoms with van der Waals surface area (Å²) in [6, 6.07) is 10.1. The fourth-order valence-electron chi connectivity index (χ4n) is 1.88. The van der Waals surface area contributed by atoms with Gasteiger partial charge in [-0.1, -0.05) is 50.6 Å². The molecule has 0 aliphatic rings. The summed E-state index contributed by atoms with van der Waals surface area (Å²) in [6.45, 7) is 6.58. The number of rotatable bonds is 2. The van der Waals surface area contributed by atoms with Crippen molar-refractivity contribution in [1.82, 2.24) is 4.98 Å². The van der Waals surface area contributed by atoms with Gasteiger partial charge in [0.15, 0.2) is 0 Å². The van der Waals surface area contributed by atoms with Gasteiger partial charge in [0, 0.05) is 11.9 Å². The Hall–Kier alpha value is -1.06. The van der Waals surface area contributed by atoms with Crippen LogP contribution in [-0.2, 0) is 5.41 Å². The second-order valence-corrected chi connectivity index (χ2v) is 6.70. The van der Waals surface area contributed by atoms with E-state index in [9.17, 15) is 0 Å². The maximum atomic E-state index is 5.90. The van der Waals surface area contributed by atoms with Crippen molar-refractivity contribution in [3.63, 3.8) is 0 Å². The fourth-order valence-corrected chi connectivity index (χ4v) is 2.62. The lowest BCUT2D eigenvalue weighted by molar-refractivity contribution is 0.592. The molecular formula is C15H16BrClN2. The van der Waals surface area contributed by atoms with Crippen molar-refractivity contribution < 1.29 is 0 Å². The molecule has 2 rings (SSSR count). The number of aromatic nitrogens is 1. The molecule has 100 valence electrons. The molecular weight excluding hydrogens is 324 g/mol. The molecule has 0 fully saturated rings. The van der Waals surface area contributed by atoms with Gasteiger partial charge < -0.3 is 5.32 Å². The van der Waals surface area contributed by atoms with Crippen molar-refractivity contribution in [3.8, 4) is 0 Å². The molecule has 2 nitrogen and oxygen atoms in total. The summed E-state index contributed by atoms with van der Waals surface area (Å²) in [7, 11) is 0. The van der Waals surface area contributed by atoms with Crippen LogP contribution >= 0.6 is 27.5 Å². The number of pyridine rings is 1. The highest BCUT2D eigenvalue weighted by atomic mass is 79.9. The minimum atomic E-state index is 0.0719. The minimum absolute atomic E-state index is 0.0719. The van der Waals surface area contributed by atoms with Crippen molar-refractivity contribution >= 4 is 39.0 Å². The number of nitrogens with one attached hydrogen (secondary N) is 1. The molecule has 0 bridgehead atoms. The van der Waals surface area contributed by atoms with Crippen molar-refractivity contribution in [2.24, 2.45) is 0 Å². The average molecular weight is 340 g/mol. The van der Waals surface area contributed by atoms with Crippen LogP contribution in [0.25, 0.3) is 0 Å². The Bertz CT molecular complexity index is 591. The molecule has 0 aliphatic heterocycles. The van der Waals surface area contributed by atoms with Crippen LogP contribution in [0.4, 0.5) is 11.5 Å². The summed E-state index contributed by atoms with van der Waals surface area (Å²) >= 11 is 9.37. The van der Waals surface area contributed by atoms with Crippen LogP contribution in [0.15, 0.2) is 41.0 Å². The monoisotopic (exact) mass is 338 g/mol. The zero-order valence-corrected chi connectivity index (χ0v) is 13.5. The van der Waals surface area contributed by atoms with E-state index in [0.29, 0.717) is 5.02 Å². The minimum Gasteiger partial charge on any atom is -0.339 e. The van der Waals surface area contributed by atoms with Crippen LogP contribution in [0.2, 0.25) is 5.02 Å². The highest BCUT2D eigenvalue weighted by Crippen LogP contribution is 2.33. The molecule has 0 aliphatic carbocycles. The Morgan fingerprint density at radius 1 is 1.21 bits per heavy atom. The van der Waals surface area contributed by atoms with E-state index in [4.69, 9.17) is 11.6 Å². The van der Waals surface area contributed by atoms with E-state index >= 15 is 0 Å². The molecule has 2 aromatic rings. The highest BCUT2D eigenvalue weighted by molar-refractivity contribution is 9.10. The predicted octanol–water partition coefficient (Wildman–Crippen LogP) is 5.54. The van der Waals surface area contributed by atoms with Crippen molar-refractivity contribution in [1.29, 1.82) is 0 Å². The molecule has 0 radical (unpaired) electrons. The van der Waals surface area contributed by atoms with E-state index in [1.807, 2.05) is 12.1 Å². The maximum Gasteiger partial charge on any atom is 0.144 e. The first-order chi connectivity index (χ1) is 8.88. The molecule has 0 saturated heterocycles. The summed E-state index contributed by atoms with van der Waals surface area (Å²) in [5, 5.41) is 3.97. The molecule has 0 spiro atoms. The lowest BCUT2D eigenvalue weighted by Crippen LogP contribution is -2.13. The Morgan fingerprint density at radius 3 is 2.53 bits per heavy atom. The molecule has 0 amide bonds. The zero-order valence-electron chi connectivity index (χ0n) is 11.2. The van der Waals surface area contributed by atoms with Gasteiger partial charge in [-0.3, -0.25) is 0 Å². The molecule has 0 atom stereocenters. The smallest absolute Gasteiger partial charge is 0.144 e. The number of halogens is 2. The third-order valence-electron chi connectivity index (χ3n) is 2.80. The van der Waals surface area contributed by atoms with E-state index in [-0.39, 0.29) is 5.41 Å². The first-order valence-electron chi connectivity index (χ1n) is 6.05. The first kappa shape index (κ1) is 14.4. The Kier molecular flexibility index (Phi) is 4.16. The molecule has 1 aromatic heterocycles. The average Bonchev–Trinajstić information content (AvgIpc) is 2.32. The largest absolute Gasteiger partial charge is 0.339 e. The van der Waals surface area contributed by atoms with Crippen molar-refractivity contribution in [3.05, 3.63) is 51.6 Å². The summed E-state index contributed by atoms with van der Waals surface area (Å²) < 4.78 is 0.851. The summed E-state index contributed by atoms with van der Waals surface area (Å²) in [4.78, 5) is 4.31. The second kappa shape index (κ2) is 5.51. The second-order valence-electron chi connectivity index (χ2n) is 5.40. The zero-order chi connectivity index (χ0) is 14.0. The summed E-state index contributed by atoms with van der Waals surface area (Å²) in [5.74, 6) is 0.765. The Balaban J connectivity index is 2.39. The molecule has 1 aromatic carbocycles. The van der Waals surface area contributed by atoms with Gasteiger partial charge >= 0.3 is 0 Å². The summed E-state index contributed by atoms with van der Waals surface area (Å²) in [6.07, 6.45) is 1.63. The number of nitrogens with zero attached hydrogens (tertiary/aromatic N) is 1. The number of para-hydroxylation sites is 1. The van der Waals surface area contributed by atoms with E-state index in [0.717, 1.165) is 16.0 Å². The van der Waals surface area contributed by atoms with Gasteiger partial charge in [0.2, 0.25) is 0 Å². The Morgan fingerprint density at radius 2 is 1.89 bits per heavy atom. The van der Waals surface area contributed by atoms with Crippen LogP contribution in [0.1, 0.15) is 26.3 Å². The van der Waals surface area contributed by atoms with E-state index < -0.39 is 0 Å². The third kappa shape index (κ3) is 3.48. The topological polar surface area (TPSA) is 24.9 Å². The molecule has 0 unspecified atom stereocenters. The van der Waals surface area contributed by atoms with Gasteiger partial charge in [0.1, 0.15) is 5.82 Å². The number of hydrogen-bond acceptors (Lipinski definition) is 2. The Labute approximate surface area is 127 Å². The van der Waals surface area contributed by atoms with Crippen LogP contribution in [0, 0.1) is 0 Å². The van der Waals surface area contributed by atoms with Gasteiger partial charge in [-0.15, -0.1) is 0 Å². The van der Waals surface area contributed by atoms with Gasteiger partial charge in [-0.25, -0.2) is 4.98 Å². The lowest BCUT2D eigenvalue weighted by Gasteiger charge is -2.23. The quantitative estimate of drug-likeness (QED) is 0.777. The third-order valence-corrected chi connectivity index (χ3v) is 3.61. The summed E-state index contributed by atoms with van der Waals surface area (Å²) in [5.41, 5.74) is 2.38. The van der Waals surface area contributed by atoms with Crippen LogP contribution in [-0.4, -0.2) is 4.98 Å². The SMILES string of the molecule is CC(C)(C)c1ccccc1Nc1ncc(Cl)cc1Br. The highest BCUT2D eigenvalue weighted by Gasteiger charge is 2.18. The van der Waals surface area contributed by atoms with Gasteiger partial charge in [-0.05, 0) is 39.0 Å². The first-order valence-corrected chi connectivity index (χ1v) is 7.22. The van der Waals surface area contributed by atoms with Crippen LogP contribution in [0.5, 0.6) is 0 Å². The molecule has 4 heteroatoms. The van der Waals surface area contributed by atoms with Gasteiger partial charge in [-0.2, -0.15) is 0 Å². The maximum absolute atomic E-state index is 5.90. The number of hydrogen-bond donors (Lipinski definition) is 1. The van der Waals surface area contributed by atoms with Crippen molar-refractivity contribution in [2.45, 2.75) is 26.2 Å². The molecule has 1 N–H and O–H groups in total. The normalized spacial score (nSPS) is 11.4. The predicted molar refractivity (Wildman–Crippen MR) is 85.4 cm³/mol. The molecule has 1 heterocycles. The van der Waals surface area contributed by atoms with Gasteiger partial charge in [0.25, 0.3) is 0 Å². The van der Waals surface area contributed by atoms with Crippen molar-refractivity contribution in [2.75, 3.05) is 5.32 Å².